The molecule has 3 atom stereocenters. The lowest BCUT2D eigenvalue weighted by molar-refractivity contribution is -0.645. The first-order chi connectivity index (χ1) is 22.4. The first-order valence-corrected chi connectivity index (χ1v) is 17.4. The topological polar surface area (TPSA) is 112 Å². The number of aromatic nitrogens is 1. The Morgan fingerprint density at radius 3 is 2.26 bits per heavy atom. The van der Waals surface area contributed by atoms with E-state index in [2.05, 4.69) is 4.72 Å². The number of rotatable bonds is 11. The molecule has 8 nitrogen and oxygen atoms in total. The van der Waals surface area contributed by atoms with Crippen molar-refractivity contribution >= 4 is 21.8 Å². The van der Waals surface area contributed by atoms with Crippen molar-refractivity contribution in [3.05, 3.63) is 155 Å². The predicted molar refractivity (Wildman–Crippen MR) is 177 cm³/mol. The van der Waals surface area contributed by atoms with Crippen molar-refractivity contribution in [1.82, 2.24) is 4.72 Å². The molecule has 6 rings (SSSR count). The van der Waals surface area contributed by atoms with Crippen molar-refractivity contribution in [3.63, 3.8) is 0 Å². The average Bonchev–Trinajstić information content (AvgIpc) is 3.11. The lowest BCUT2D eigenvalue weighted by Gasteiger charge is -2.36. The van der Waals surface area contributed by atoms with Crippen LogP contribution >= 0.6 is 11.8 Å². The highest BCUT2D eigenvalue weighted by Crippen LogP contribution is 2.40. The van der Waals surface area contributed by atoms with Gasteiger partial charge in [-0.25, -0.2) is 13.1 Å². The Morgan fingerprint density at radius 1 is 0.826 bits per heavy atom. The molecular weight excluding hydrogens is 621 g/mol. The summed E-state index contributed by atoms with van der Waals surface area (Å²) < 4.78 is 42.2. The number of ether oxygens (including phenoxy) is 2. The van der Waals surface area contributed by atoms with E-state index in [9.17, 15) is 18.7 Å². The smallest absolute Gasteiger partial charge is 0.251 e. The molecule has 0 bridgehead atoms. The number of pyridine rings is 1. The molecule has 1 aliphatic heterocycles. The van der Waals surface area contributed by atoms with Gasteiger partial charge in [-0.3, -0.25) is 0 Å². The molecule has 1 saturated heterocycles. The van der Waals surface area contributed by atoms with Gasteiger partial charge in [-0.15, -0.1) is 0 Å². The number of aliphatic hydroxyl groups is 1. The Balaban J connectivity index is 1.20. The fraction of sp³-hybridized carbons (Fsp3) is 0.194. The van der Waals surface area contributed by atoms with Gasteiger partial charge in [0.05, 0.1) is 23.7 Å². The van der Waals surface area contributed by atoms with E-state index in [1.807, 2.05) is 78.9 Å². The maximum Gasteiger partial charge on any atom is 0.251 e. The molecule has 1 aromatic heterocycles. The van der Waals surface area contributed by atoms with Crippen LogP contribution in [0, 0.1) is 5.21 Å². The number of nitrogens with zero attached hydrogens (tertiary/aromatic N) is 1. The monoisotopic (exact) mass is 654 g/mol. The number of aliphatic hydroxyl groups excluding tert-OH is 1. The predicted octanol–water partition coefficient (Wildman–Crippen LogP) is 6.30. The summed E-state index contributed by atoms with van der Waals surface area (Å²) in [6.07, 6.45) is 1.02. The van der Waals surface area contributed by atoms with Crippen molar-refractivity contribution in [2.45, 2.75) is 48.0 Å². The third-order valence-corrected chi connectivity index (χ3v) is 10.4. The fourth-order valence-electron chi connectivity index (χ4n) is 5.36. The summed E-state index contributed by atoms with van der Waals surface area (Å²) in [4.78, 5) is 0.222. The normalized spacial score (nSPS) is 18.3. The SMILES string of the molecule is O=S(=O)(NCc1ccccc1-c1ccc([C@@H]2O[C@H](CSc3cccc[n+]3[O-])C[C@H](c3ccc(CO)cc3)O2)cc1)c1ccccc1. The first-order valence-electron chi connectivity index (χ1n) is 14.9. The Labute approximate surface area is 273 Å². The van der Waals surface area contributed by atoms with E-state index in [1.165, 1.54) is 18.0 Å². The summed E-state index contributed by atoms with van der Waals surface area (Å²) in [5, 5.41) is 22.3. The zero-order valence-corrected chi connectivity index (χ0v) is 26.6. The van der Waals surface area contributed by atoms with Crippen LogP contribution in [0.4, 0.5) is 0 Å². The first kappa shape index (κ1) is 31.9. The molecular formula is C36H34N2O6S2. The van der Waals surface area contributed by atoms with E-state index in [0.717, 1.165) is 38.1 Å². The third-order valence-electron chi connectivity index (χ3n) is 7.84. The third kappa shape index (κ3) is 7.67. The summed E-state index contributed by atoms with van der Waals surface area (Å²) in [6, 6.07) is 37.0. The zero-order valence-electron chi connectivity index (χ0n) is 24.9. The molecule has 0 aliphatic carbocycles. The Kier molecular flexibility index (Phi) is 10.1. The molecule has 0 saturated carbocycles. The maximum absolute atomic E-state index is 12.8. The van der Waals surface area contributed by atoms with E-state index >= 15 is 0 Å². The van der Waals surface area contributed by atoms with Gasteiger partial charge in [-0.1, -0.05) is 103 Å². The minimum Gasteiger partial charge on any atom is -0.618 e. The molecule has 5 aromatic rings. The highest BCUT2D eigenvalue weighted by molar-refractivity contribution is 7.99. The maximum atomic E-state index is 12.8. The van der Waals surface area contributed by atoms with Crippen LogP contribution < -0.4 is 9.45 Å². The van der Waals surface area contributed by atoms with Crippen molar-refractivity contribution in [2.24, 2.45) is 0 Å². The van der Waals surface area contributed by atoms with Gasteiger partial charge >= 0.3 is 0 Å². The largest absolute Gasteiger partial charge is 0.618 e. The molecule has 10 heteroatoms. The molecule has 236 valence electrons. The van der Waals surface area contributed by atoms with Gasteiger partial charge in [0.1, 0.15) is 0 Å². The zero-order chi connectivity index (χ0) is 31.9. The second-order valence-electron chi connectivity index (χ2n) is 10.9. The summed E-state index contributed by atoms with van der Waals surface area (Å²) in [5.74, 6) is 0.571. The van der Waals surface area contributed by atoms with Gasteiger partial charge in [0.25, 0.3) is 5.03 Å². The summed E-state index contributed by atoms with van der Waals surface area (Å²) in [5.41, 5.74) is 5.35. The lowest BCUT2D eigenvalue weighted by atomic mass is 9.98. The molecule has 4 aromatic carbocycles. The minimum atomic E-state index is -3.66. The standard InChI is InChI=1S/C36H34N2O6S2/c39-24-26-13-15-28(16-14-26)34-22-31(25-45-35-12-6-7-21-38(35)40)43-36(44-34)29-19-17-27(18-20-29)33-11-5-4-8-30(33)23-37-46(41,42)32-9-2-1-3-10-32/h1-21,31,34,36-37,39H,22-25H2/t31-,34+,36+/m0/s1. The second-order valence-corrected chi connectivity index (χ2v) is 13.7. The molecule has 2 heterocycles. The Morgan fingerprint density at radius 2 is 1.52 bits per heavy atom. The van der Waals surface area contributed by atoms with Crippen molar-refractivity contribution in [3.8, 4) is 11.1 Å². The van der Waals surface area contributed by atoms with Crippen LogP contribution in [-0.2, 0) is 32.6 Å². The Bertz CT molecular complexity index is 1850. The van der Waals surface area contributed by atoms with Gasteiger partial charge in [-0.2, -0.15) is 4.73 Å². The molecule has 0 spiro atoms. The van der Waals surface area contributed by atoms with Crippen molar-refractivity contribution < 1.29 is 27.7 Å². The molecule has 1 aliphatic rings. The average molecular weight is 655 g/mol. The van der Waals surface area contributed by atoms with Crippen molar-refractivity contribution in [1.29, 1.82) is 0 Å². The molecule has 1 fully saturated rings. The van der Waals surface area contributed by atoms with Crippen LogP contribution in [0.5, 0.6) is 0 Å². The number of hydrogen-bond donors (Lipinski definition) is 2. The quantitative estimate of drug-likeness (QED) is 0.0978. The number of thioether (sulfide) groups is 1. The molecule has 0 amide bonds. The van der Waals surface area contributed by atoms with Crippen LogP contribution in [0.25, 0.3) is 11.1 Å². The highest BCUT2D eigenvalue weighted by Gasteiger charge is 2.32. The Hall–Kier alpha value is -4.03. The van der Waals surface area contributed by atoms with E-state index < -0.39 is 16.3 Å². The molecule has 0 unspecified atom stereocenters. The minimum absolute atomic E-state index is 0.0303. The molecule has 0 radical (unpaired) electrons. The van der Waals surface area contributed by atoms with Crippen LogP contribution in [0.15, 0.2) is 137 Å². The van der Waals surface area contributed by atoms with Crippen LogP contribution in [-0.4, -0.2) is 25.4 Å². The number of sulfonamides is 1. The number of nitrogens with one attached hydrogen (secondary N) is 1. The molecule has 46 heavy (non-hydrogen) atoms. The highest BCUT2D eigenvalue weighted by atomic mass is 32.2. The summed E-state index contributed by atoms with van der Waals surface area (Å²) in [6.45, 7) is 0.113. The fourth-order valence-corrected chi connectivity index (χ4v) is 7.32. The van der Waals surface area contributed by atoms with E-state index in [-0.39, 0.29) is 30.3 Å². The summed E-state index contributed by atoms with van der Waals surface area (Å²) >= 11 is 1.45. The van der Waals surface area contributed by atoms with Gasteiger partial charge in [-0.05, 0) is 46.0 Å². The van der Waals surface area contributed by atoms with Gasteiger partial charge in [0, 0.05) is 36.4 Å². The van der Waals surface area contributed by atoms with Gasteiger partial charge in [0.15, 0.2) is 12.5 Å². The summed E-state index contributed by atoms with van der Waals surface area (Å²) in [7, 11) is -3.66. The van der Waals surface area contributed by atoms with E-state index in [0.29, 0.717) is 17.2 Å². The number of benzene rings is 4. The van der Waals surface area contributed by atoms with Crippen LogP contribution in [0.2, 0.25) is 0 Å². The van der Waals surface area contributed by atoms with E-state index in [1.54, 1.807) is 42.5 Å². The van der Waals surface area contributed by atoms with Crippen molar-refractivity contribution in [2.75, 3.05) is 5.75 Å². The van der Waals surface area contributed by atoms with Gasteiger partial charge in [0.2, 0.25) is 10.0 Å². The lowest BCUT2D eigenvalue weighted by Crippen LogP contribution is -2.32. The van der Waals surface area contributed by atoms with Crippen LogP contribution in [0.3, 0.4) is 0 Å². The molecule has 2 N–H and O–H groups in total. The second kappa shape index (κ2) is 14.6. The van der Waals surface area contributed by atoms with Gasteiger partial charge < -0.3 is 19.8 Å². The number of hydrogen-bond acceptors (Lipinski definition) is 7. The van der Waals surface area contributed by atoms with Crippen LogP contribution in [0.1, 0.15) is 41.1 Å². The van der Waals surface area contributed by atoms with E-state index in [4.69, 9.17) is 9.47 Å².